The van der Waals surface area contributed by atoms with Crippen molar-refractivity contribution < 1.29 is 9.59 Å². The molecule has 29 heavy (non-hydrogen) atoms. The maximum atomic E-state index is 13.4. The van der Waals surface area contributed by atoms with Crippen molar-refractivity contribution >= 4 is 34.8 Å². The molecule has 4 saturated carbocycles. The molecule has 0 aromatic heterocycles. The van der Waals surface area contributed by atoms with Crippen LogP contribution >= 0.6 is 23.2 Å². The van der Waals surface area contributed by atoms with Gasteiger partial charge in [-0.05, 0) is 57.8 Å². The maximum absolute atomic E-state index is 13.4. The molecule has 2 nitrogen and oxygen atoms in total. The molecule has 4 rings (SSSR count). The zero-order valence-corrected chi connectivity index (χ0v) is 19.4. The third-order valence-electron chi connectivity index (χ3n) is 8.77. The van der Waals surface area contributed by atoms with Crippen molar-refractivity contribution in [2.75, 3.05) is 0 Å². The van der Waals surface area contributed by atoms with Gasteiger partial charge in [0.1, 0.15) is 11.6 Å². The second-order valence-corrected chi connectivity index (χ2v) is 12.1. The number of carbonyl (C=O) groups excluding carboxylic acids is 2. The fourth-order valence-electron chi connectivity index (χ4n) is 7.09. The number of halogens is 2. The Morgan fingerprint density at radius 2 is 0.966 bits per heavy atom. The first-order chi connectivity index (χ1) is 13.9. The van der Waals surface area contributed by atoms with Gasteiger partial charge in [0.05, 0.1) is 9.75 Å². The van der Waals surface area contributed by atoms with E-state index in [0.717, 1.165) is 96.3 Å². The molecule has 0 aromatic rings. The van der Waals surface area contributed by atoms with Crippen LogP contribution in [-0.4, -0.2) is 21.3 Å². The zero-order chi connectivity index (χ0) is 20.5. The molecule has 0 unspecified atom stereocenters. The monoisotopic (exact) mass is 440 g/mol. The molecule has 0 saturated heterocycles. The number of hydrogen-bond donors (Lipinski definition) is 0. The third-order valence-corrected chi connectivity index (χ3v) is 10.1. The summed E-state index contributed by atoms with van der Waals surface area (Å²) >= 11 is 14.0. The summed E-state index contributed by atoms with van der Waals surface area (Å²) in [6, 6.07) is 0. The third kappa shape index (κ3) is 4.59. The molecule has 0 amide bonds. The SMILES string of the molecule is O=C1[C@H](C[C@@H]2CCC[C@H](C3(Cl)CCCCC3)C2=O)CCC[C@@H]1C1(Cl)CCCCC1. The smallest absolute Gasteiger partial charge is 0.140 e. The molecule has 4 atom stereocenters. The summed E-state index contributed by atoms with van der Waals surface area (Å²) in [7, 11) is 0. The Kier molecular flexibility index (Phi) is 7.01. The highest BCUT2D eigenvalue weighted by Crippen LogP contribution is 2.49. The first kappa shape index (κ1) is 22.1. The van der Waals surface area contributed by atoms with Crippen molar-refractivity contribution in [1.29, 1.82) is 0 Å². The molecule has 4 heteroatoms. The lowest BCUT2D eigenvalue weighted by molar-refractivity contribution is -0.135. The first-order valence-electron chi connectivity index (χ1n) is 12.4. The highest BCUT2D eigenvalue weighted by atomic mass is 35.5. The van der Waals surface area contributed by atoms with Crippen LogP contribution in [0.15, 0.2) is 0 Å². The summed E-state index contributed by atoms with van der Waals surface area (Å²) in [5, 5.41) is 0. The minimum Gasteiger partial charge on any atom is -0.299 e. The van der Waals surface area contributed by atoms with Crippen molar-refractivity contribution in [1.82, 2.24) is 0 Å². The Labute approximate surface area is 186 Å². The Bertz CT molecular complexity index is 552. The van der Waals surface area contributed by atoms with Gasteiger partial charge in [0.25, 0.3) is 0 Å². The summed E-state index contributed by atoms with van der Waals surface area (Å²) in [5.41, 5.74) is 0. The van der Waals surface area contributed by atoms with E-state index >= 15 is 0 Å². The van der Waals surface area contributed by atoms with Crippen LogP contribution in [0.2, 0.25) is 0 Å². The number of carbonyl (C=O) groups is 2. The lowest BCUT2D eigenvalue weighted by Crippen LogP contribution is -2.46. The fourth-order valence-corrected chi connectivity index (χ4v) is 8.06. The summed E-state index contributed by atoms with van der Waals surface area (Å²) in [6.07, 6.45) is 17.7. The van der Waals surface area contributed by atoms with Crippen molar-refractivity contribution in [2.24, 2.45) is 23.7 Å². The lowest BCUT2D eigenvalue weighted by atomic mass is 9.64. The average molecular weight is 441 g/mol. The predicted octanol–water partition coefficient (Wildman–Crippen LogP) is 7.23. The molecule has 4 aliphatic rings. The van der Waals surface area contributed by atoms with E-state index in [9.17, 15) is 9.59 Å². The Balaban J connectivity index is 1.42. The summed E-state index contributed by atoms with van der Waals surface area (Å²) in [5.74, 6) is 0.849. The van der Waals surface area contributed by atoms with E-state index in [1.54, 1.807) is 0 Å². The normalized spacial score (nSPS) is 38.0. The van der Waals surface area contributed by atoms with Gasteiger partial charge in [-0.3, -0.25) is 9.59 Å². The van der Waals surface area contributed by atoms with E-state index in [1.807, 2.05) is 0 Å². The van der Waals surface area contributed by atoms with Crippen LogP contribution < -0.4 is 0 Å². The second kappa shape index (κ2) is 9.19. The number of Topliss-reactive ketones (excluding diaryl/α,β-unsaturated/α-hetero) is 2. The summed E-state index contributed by atoms with van der Waals surface area (Å²) in [4.78, 5) is 26.2. The molecule has 0 aliphatic heterocycles. The van der Waals surface area contributed by atoms with E-state index in [-0.39, 0.29) is 33.4 Å². The van der Waals surface area contributed by atoms with Crippen LogP contribution in [0.1, 0.15) is 109 Å². The van der Waals surface area contributed by atoms with Gasteiger partial charge in [0, 0.05) is 23.7 Å². The van der Waals surface area contributed by atoms with Crippen LogP contribution in [0.25, 0.3) is 0 Å². The molecular formula is C25H38Cl2O2. The van der Waals surface area contributed by atoms with Gasteiger partial charge in [0.15, 0.2) is 0 Å². The van der Waals surface area contributed by atoms with E-state index in [4.69, 9.17) is 23.2 Å². The van der Waals surface area contributed by atoms with Crippen molar-refractivity contribution in [2.45, 2.75) is 119 Å². The number of rotatable bonds is 4. The molecule has 0 bridgehead atoms. The molecule has 4 aliphatic carbocycles. The molecular weight excluding hydrogens is 403 g/mol. The predicted molar refractivity (Wildman–Crippen MR) is 120 cm³/mol. The van der Waals surface area contributed by atoms with Gasteiger partial charge in [-0.1, -0.05) is 51.4 Å². The van der Waals surface area contributed by atoms with E-state index in [0.29, 0.717) is 11.6 Å². The van der Waals surface area contributed by atoms with E-state index in [1.165, 1.54) is 12.8 Å². The zero-order valence-electron chi connectivity index (χ0n) is 17.9. The Morgan fingerprint density at radius 1 is 0.586 bits per heavy atom. The highest BCUT2D eigenvalue weighted by molar-refractivity contribution is 6.26. The van der Waals surface area contributed by atoms with Crippen molar-refractivity contribution in [3.63, 3.8) is 0 Å². The van der Waals surface area contributed by atoms with Gasteiger partial charge < -0.3 is 0 Å². The van der Waals surface area contributed by atoms with Gasteiger partial charge >= 0.3 is 0 Å². The van der Waals surface area contributed by atoms with Crippen molar-refractivity contribution in [3.05, 3.63) is 0 Å². The maximum Gasteiger partial charge on any atom is 0.140 e. The van der Waals surface area contributed by atoms with Gasteiger partial charge in [-0.2, -0.15) is 0 Å². The number of hydrogen-bond acceptors (Lipinski definition) is 2. The average Bonchev–Trinajstić information content (AvgIpc) is 2.72. The first-order valence-corrected chi connectivity index (χ1v) is 13.1. The topological polar surface area (TPSA) is 34.1 Å². The van der Waals surface area contributed by atoms with Crippen LogP contribution in [-0.2, 0) is 9.59 Å². The lowest BCUT2D eigenvalue weighted by Gasteiger charge is -2.44. The van der Waals surface area contributed by atoms with Crippen LogP contribution in [0.3, 0.4) is 0 Å². The minimum atomic E-state index is -0.310. The Hall–Kier alpha value is -0.0800. The second-order valence-electron chi connectivity index (χ2n) is 10.6. The Morgan fingerprint density at radius 3 is 1.34 bits per heavy atom. The standard InChI is InChI=1S/C25H38Cl2O2/c26-24(13-3-1-4-14-24)20-11-7-9-18(22(20)28)17-19-10-8-12-21(23(19)29)25(27)15-5-2-6-16-25/h18-21H,1-17H2/t18-,19-,20-,21-/m0/s1. The van der Waals surface area contributed by atoms with Crippen molar-refractivity contribution in [3.8, 4) is 0 Å². The summed E-state index contributed by atoms with van der Waals surface area (Å²) < 4.78 is 0. The molecule has 164 valence electrons. The minimum absolute atomic E-state index is 0.00965. The van der Waals surface area contributed by atoms with Gasteiger partial charge in [-0.25, -0.2) is 0 Å². The van der Waals surface area contributed by atoms with Gasteiger partial charge in [-0.15, -0.1) is 23.2 Å². The fraction of sp³-hybridized carbons (Fsp3) is 0.920. The van der Waals surface area contributed by atoms with Gasteiger partial charge in [0.2, 0.25) is 0 Å². The van der Waals surface area contributed by atoms with Crippen LogP contribution in [0.4, 0.5) is 0 Å². The molecule has 0 spiro atoms. The largest absolute Gasteiger partial charge is 0.299 e. The molecule has 4 fully saturated rings. The van der Waals surface area contributed by atoms with E-state index < -0.39 is 0 Å². The van der Waals surface area contributed by atoms with E-state index in [2.05, 4.69) is 0 Å². The molecule has 0 radical (unpaired) electrons. The van der Waals surface area contributed by atoms with Crippen LogP contribution in [0, 0.1) is 23.7 Å². The number of alkyl halides is 2. The molecule has 0 N–H and O–H groups in total. The van der Waals surface area contributed by atoms with Crippen LogP contribution in [0.5, 0.6) is 0 Å². The quantitative estimate of drug-likeness (QED) is 0.431. The number of ketones is 2. The highest BCUT2D eigenvalue weighted by Gasteiger charge is 2.49. The molecule has 0 heterocycles. The summed E-state index contributed by atoms with van der Waals surface area (Å²) in [6.45, 7) is 0. The molecule has 0 aromatic carbocycles.